The Kier molecular flexibility index (Phi) is 4.82. The summed E-state index contributed by atoms with van der Waals surface area (Å²) in [6.07, 6.45) is 5.85. The van der Waals surface area contributed by atoms with Crippen LogP contribution in [0.25, 0.3) is 10.2 Å². The minimum atomic E-state index is -0.0849. The molecule has 0 unspecified atom stereocenters. The number of carbonyl (C=O) groups excluding carboxylic acids is 1. The van der Waals surface area contributed by atoms with Gasteiger partial charge in [0.15, 0.2) is 0 Å². The number of aryl methyl sites for hydroxylation is 3. The first-order valence-electron chi connectivity index (χ1n) is 8.61. The number of hydrogen-bond donors (Lipinski definition) is 2. The zero-order valence-corrected chi connectivity index (χ0v) is 16.1. The van der Waals surface area contributed by atoms with Crippen molar-refractivity contribution in [3.05, 3.63) is 50.9 Å². The van der Waals surface area contributed by atoms with Crippen LogP contribution in [0.15, 0.2) is 34.0 Å². The summed E-state index contributed by atoms with van der Waals surface area (Å²) in [7, 11) is 0. The van der Waals surface area contributed by atoms with Gasteiger partial charge < -0.3 is 10.3 Å². The fraction of sp³-hybridized carbons (Fsp3) is 0.316. The van der Waals surface area contributed by atoms with Gasteiger partial charge in [0.25, 0.3) is 5.56 Å². The molecule has 0 bridgehead atoms. The van der Waals surface area contributed by atoms with Crippen molar-refractivity contribution < 1.29 is 4.79 Å². The minimum Gasteiger partial charge on any atom is -0.326 e. The Morgan fingerprint density at radius 2 is 2.12 bits per heavy atom. The molecule has 2 N–H and O–H groups in total. The number of amides is 1. The second kappa shape index (κ2) is 7.25. The second-order valence-corrected chi connectivity index (χ2v) is 8.29. The van der Waals surface area contributed by atoms with Gasteiger partial charge in [-0.3, -0.25) is 9.59 Å². The molecule has 1 amide bonds. The van der Waals surface area contributed by atoms with E-state index in [0.717, 1.165) is 40.1 Å². The topological polar surface area (TPSA) is 74.8 Å². The Labute approximate surface area is 159 Å². The molecular weight excluding hydrogens is 366 g/mol. The monoisotopic (exact) mass is 385 g/mol. The van der Waals surface area contributed by atoms with Gasteiger partial charge in [0.2, 0.25) is 5.91 Å². The number of thioether (sulfide) groups is 1. The Morgan fingerprint density at radius 3 is 2.88 bits per heavy atom. The average molecular weight is 386 g/mol. The summed E-state index contributed by atoms with van der Waals surface area (Å²) in [4.78, 5) is 35.3. The third-order valence-corrected chi connectivity index (χ3v) is 6.52. The molecule has 0 saturated heterocycles. The molecule has 134 valence electrons. The summed E-state index contributed by atoms with van der Waals surface area (Å²) < 4.78 is 0. The Morgan fingerprint density at radius 1 is 1.31 bits per heavy atom. The number of rotatable bonds is 5. The van der Waals surface area contributed by atoms with Crippen LogP contribution in [0.5, 0.6) is 0 Å². The quantitative estimate of drug-likeness (QED) is 0.656. The number of anilines is 1. The highest BCUT2D eigenvalue weighted by molar-refractivity contribution is 7.98. The predicted molar refractivity (Wildman–Crippen MR) is 107 cm³/mol. The summed E-state index contributed by atoms with van der Waals surface area (Å²) >= 11 is 3.28. The van der Waals surface area contributed by atoms with E-state index in [9.17, 15) is 9.59 Å². The van der Waals surface area contributed by atoms with Crippen LogP contribution in [0.3, 0.4) is 0 Å². The lowest BCUT2D eigenvalue weighted by molar-refractivity contribution is -0.116. The lowest BCUT2D eigenvalue weighted by Crippen LogP contribution is -2.16. The molecule has 4 rings (SSSR count). The van der Waals surface area contributed by atoms with Gasteiger partial charge in [-0.25, -0.2) is 4.98 Å². The number of fused-ring (bicyclic) bond motifs is 3. The Balaban J connectivity index is 1.44. The second-order valence-electron chi connectivity index (χ2n) is 6.33. The molecule has 0 spiro atoms. The van der Waals surface area contributed by atoms with Crippen LogP contribution in [-0.4, -0.2) is 22.1 Å². The first-order chi connectivity index (χ1) is 12.6. The van der Waals surface area contributed by atoms with E-state index < -0.39 is 0 Å². The van der Waals surface area contributed by atoms with Crippen molar-refractivity contribution in [2.24, 2.45) is 0 Å². The summed E-state index contributed by atoms with van der Waals surface area (Å²) in [5.74, 6) is 0.494. The first kappa shape index (κ1) is 17.3. The molecule has 2 heterocycles. The van der Waals surface area contributed by atoms with E-state index in [4.69, 9.17) is 0 Å². The molecule has 0 saturated carbocycles. The summed E-state index contributed by atoms with van der Waals surface area (Å²) in [6, 6.07) is 7.73. The highest BCUT2D eigenvalue weighted by Crippen LogP contribution is 2.34. The van der Waals surface area contributed by atoms with Crippen LogP contribution in [0.4, 0.5) is 5.69 Å². The van der Waals surface area contributed by atoms with E-state index in [1.807, 2.05) is 30.5 Å². The molecule has 1 aliphatic carbocycles. The third kappa shape index (κ3) is 3.41. The fourth-order valence-electron chi connectivity index (χ4n) is 3.30. The molecule has 0 fully saturated rings. The van der Waals surface area contributed by atoms with Crippen molar-refractivity contribution in [3.63, 3.8) is 0 Å². The summed E-state index contributed by atoms with van der Waals surface area (Å²) in [5, 5.41) is 3.64. The normalized spacial score (nSPS) is 13.1. The zero-order chi connectivity index (χ0) is 18.1. The van der Waals surface area contributed by atoms with Crippen molar-refractivity contribution in [3.8, 4) is 0 Å². The van der Waals surface area contributed by atoms with Crippen molar-refractivity contribution in [2.75, 3.05) is 11.6 Å². The van der Waals surface area contributed by atoms with Gasteiger partial charge in [0, 0.05) is 28.3 Å². The first-order valence-corrected chi connectivity index (χ1v) is 10.7. The minimum absolute atomic E-state index is 0.0718. The van der Waals surface area contributed by atoms with Crippen LogP contribution < -0.4 is 10.9 Å². The van der Waals surface area contributed by atoms with Gasteiger partial charge in [-0.2, -0.15) is 0 Å². The van der Waals surface area contributed by atoms with E-state index in [-0.39, 0.29) is 17.9 Å². The molecule has 1 aliphatic rings. The number of benzene rings is 1. The molecule has 0 atom stereocenters. The van der Waals surface area contributed by atoms with Crippen molar-refractivity contribution in [1.82, 2.24) is 9.97 Å². The Hall–Kier alpha value is -2.12. The standard InChI is InChI=1S/C19H19N3O2S2/c1-25-12-7-5-11(6-8-12)20-16(23)10-9-15-21-18(24)17-13-3-2-4-14(13)26-19(17)22-15/h5-8H,2-4,9-10H2,1H3,(H,20,23)(H,21,22,24). The van der Waals surface area contributed by atoms with Gasteiger partial charge in [-0.05, 0) is 55.3 Å². The van der Waals surface area contributed by atoms with Crippen molar-refractivity contribution in [1.29, 1.82) is 0 Å². The van der Waals surface area contributed by atoms with E-state index >= 15 is 0 Å². The third-order valence-electron chi connectivity index (χ3n) is 4.59. The van der Waals surface area contributed by atoms with E-state index in [2.05, 4.69) is 15.3 Å². The molecular formula is C19H19N3O2S2. The van der Waals surface area contributed by atoms with Crippen LogP contribution in [-0.2, 0) is 24.1 Å². The SMILES string of the molecule is CSc1ccc(NC(=O)CCc2nc3sc4c(c3c(=O)[nH]2)CCC4)cc1. The zero-order valence-electron chi connectivity index (χ0n) is 14.4. The van der Waals surface area contributed by atoms with Crippen LogP contribution in [0.2, 0.25) is 0 Å². The number of aromatic amines is 1. The van der Waals surface area contributed by atoms with E-state index in [1.165, 1.54) is 10.4 Å². The van der Waals surface area contributed by atoms with Crippen molar-refractivity contribution in [2.45, 2.75) is 37.0 Å². The number of H-pyrrole nitrogens is 1. The molecule has 26 heavy (non-hydrogen) atoms. The lowest BCUT2D eigenvalue weighted by atomic mass is 10.2. The molecule has 0 aliphatic heterocycles. The maximum Gasteiger partial charge on any atom is 0.259 e. The molecule has 1 aromatic carbocycles. The largest absolute Gasteiger partial charge is 0.326 e. The predicted octanol–water partition coefficient (Wildman–Crippen LogP) is 3.77. The van der Waals surface area contributed by atoms with Crippen LogP contribution in [0.1, 0.15) is 29.1 Å². The molecule has 7 heteroatoms. The maximum absolute atomic E-state index is 12.4. The van der Waals surface area contributed by atoms with Gasteiger partial charge in [0.05, 0.1) is 5.39 Å². The molecule has 5 nitrogen and oxygen atoms in total. The smallest absolute Gasteiger partial charge is 0.259 e. The number of nitrogens with zero attached hydrogens (tertiary/aromatic N) is 1. The Bertz CT molecular complexity index is 1020. The molecule has 3 aromatic rings. The van der Waals surface area contributed by atoms with Gasteiger partial charge in [0.1, 0.15) is 10.7 Å². The lowest BCUT2D eigenvalue weighted by Gasteiger charge is -2.06. The van der Waals surface area contributed by atoms with Gasteiger partial charge in [-0.1, -0.05) is 0 Å². The molecule has 2 aromatic heterocycles. The number of thiophene rings is 1. The van der Waals surface area contributed by atoms with Gasteiger partial charge in [-0.15, -0.1) is 23.1 Å². The maximum atomic E-state index is 12.4. The van der Waals surface area contributed by atoms with Crippen molar-refractivity contribution >= 4 is 44.9 Å². The van der Waals surface area contributed by atoms with Crippen LogP contribution >= 0.6 is 23.1 Å². The van der Waals surface area contributed by atoms with Gasteiger partial charge >= 0.3 is 0 Å². The van der Waals surface area contributed by atoms with E-state index in [1.54, 1.807) is 23.1 Å². The highest BCUT2D eigenvalue weighted by atomic mass is 32.2. The summed E-state index contributed by atoms with van der Waals surface area (Å²) in [6.45, 7) is 0. The number of hydrogen-bond acceptors (Lipinski definition) is 5. The molecule has 0 radical (unpaired) electrons. The fourth-order valence-corrected chi connectivity index (χ4v) is 4.98. The average Bonchev–Trinajstić information content (AvgIpc) is 3.21. The highest BCUT2D eigenvalue weighted by Gasteiger charge is 2.21. The van der Waals surface area contributed by atoms with Crippen LogP contribution in [0, 0.1) is 0 Å². The van der Waals surface area contributed by atoms with E-state index in [0.29, 0.717) is 12.2 Å². The number of nitrogens with one attached hydrogen (secondary N) is 2. The summed E-state index contributed by atoms with van der Waals surface area (Å²) in [5.41, 5.74) is 1.88. The number of aromatic nitrogens is 2. The number of carbonyl (C=O) groups is 1.